The van der Waals surface area contributed by atoms with Crippen molar-refractivity contribution in [1.29, 1.82) is 0 Å². The second-order valence-corrected chi connectivity index (χ2v) is 9.98. The first-order valence-corrected chi connectivity index (χ1v) is 13.0. The fourth-order valence-electron chi connectivity index (χ4n) is 5.49. The fraction of sp³-hybridized carbons (Fsp3) is 0.300. The Morgan fingerprint density at radius 2 is 0.865 bits per heavy atom. The molecule has 0 amide bonds. The molecule has 6 heterocycles. The van der Waals surface area contributed by atoms with Crippen molar-refractivity contribution in [1.82, 2.24) is 33.6 Å². The molecule has 0 atom stereocenters. The van der Waals surface area contributed by atoms with Gasteiger partial charge in [-0.15, -0.1) is 0 Å². The summed E-state index contributed by atoms with van der Waals surface area (Å²) in [5.41, 5.74) is 7.01. The lowest BCUT2D eigenvalue weighted by molar-refractivity contribution is 0.246. The van der Waals surface area contributed by atoms with E-state index in [1.165, 1.54) is 32.8 Å². The van der Waals surface area contributed by atoms with E-state index in [1.807, 2.05) is 36.8 Å². The molecule has 0 saturated heterocycles. The van der Waals surface area contributed by atoms with Crippen LogP contribution in [0, 0.1) is 20.8 Å². The number of aryl methyl sites for hydroxylation is 3. The Bertz CT molecular complexity index is 1490. The summed E-state index contributed by atoms with van der Waals surface area (Å²) in [7, 11) is 0. The second-order valence-electron chi connectivity index (χ2n) is 9.98. The number of hydrogen-bond acceptors (Lipinski definition) is 4. The van der Waals surface area contributed by atoms with Gasteiger partial charge in [0.2, 0.25) is 0 Å². The van der Waals surface area contributed by atoms with Crippen LogP contribution in [-0.2, 0) is 19.6 Å². The molecule has 0 radical (unpaired) electrons. The van der Waals surface area contributed by atoms with E-state index in [2.05, 4.69) is 91.1 Å². The molecule has 6 rings (SSSR count). The smallest absolute Gasteiger partial charge is 0.140 e. The van der Waals surface area contributed by atoms with Gasteiger partial charge in [-0.2, -0.15) is 0 Å². The second kappa shape index (κ2) is 9.82. The number of rotatable bonds is 9. The molecule has 0 spiro atoms. The van der Waals surface area contributed by atoms with Crippen LogP contribution >= 0.6 is 0 Å². The summed E-state index contributed by atoms with van der Waals surface area (Å²) < 4.78 is 6.89. The average molecular weight is 492 g/mol. The fourth-order valence-corrected chi connectivity index (χ4v) is 5.49. The molecule has 0 N–H and O–H groups in total. The van der Waals surface area contributed by atoms with E-state index in [9.17, 15) is 0 Å². The third-order valence-electron chi connectivity index (χ3n) is 7.47. The first kappa shape index (κ1) is 23.4. The predicted octanol–water partition coefficient (Wildman–Crippen LogP) is 5.36. The van der Waals surface area contributed by atoms with E-state index in [4.69, 9.17) is 0 Å². The lowest BCUT2D eigenvalue weighted by Gasteiger charge is -2.23. The minimum Gasteiger partial charge on any atom is -0.331 e. The monoisotopic (exact) mass is 491 g/mol. The van der Waals surface area contributed by atoms with Gasteiger partial charge in [0, 0.05) is 92.6 Å². The molecule has 0 fully saturated rings. The van der Waals surface area contributed by atoms with Crippen molar-refractivity contribution in [2.45, 2.75) is 40.4 Å². The van der Waals surface area contributed by atoms with Crippen LogP contribution in [0.3, 0.4) is 0 Å². The number of pyridine rings is 3. The maximum absolute atomic E-state index is 4.66. The van der Waals surface area contributed by atoms with Gasteiger partial charge in [-0.25, -0.2) is 15.0 Å². The van der Waals surface area contributed by atoms with Gasteiger partial charge in [-0.1, -0.05) is 0 Å². The summed E-state index contributed by atoms with van der Waals surface area (Å²) in [5.74, 6) is 0. The van der Waals surface area contributed by atoms with E-state index in [1.54, 1.807) is 0 Å². The van der Waals surface area contributed by atoms with Crippen LogP contribution in [0.25, 0.3) is 33.1 Å². The van der Waals surface area contributed by atoms with Crippen molar-refractivity contribution in [3.05, 3.63) is 90.3 Å². The van der Waals surface area contributed by atoms with Gasteiger partial charge in [-0.05, 0) is 73.9 Å². The molecule has 0 aliphatic rings. The minimum atomic E-state index is 0.898. The Hall–Kier alpha value is -3.97. The first-order valence-electron chi connectivity index (χ1n) is 13.0. The highest BCUT2D eigenvalue weighted by Crippen LogP contribution is 2.21. The molecular weight excluding hydrogens is 458 g/mol. The summed E-state index contributed by atoms with van der Waals surface area (Å²) in [5, 5.41) is 3.69. The zero-order chi connectivity index (χ0) is 25.4. The largest absolute Gasteiger partial charge is 0.331 e. The number of nitrogens with zero attached hydrogens (tertiary/aromatic N) is 7. The van der Waals surface area contributed by atoms with E-state index >= 15 is 0 Å². The quantitative estimate of drug-likeness (QED) is 0.273. The first-order chi connectivity index (χ1) is 18.1. The van der Waals surface area contributed by atoms with Gasteiger partial charge in [0.15, 0.2) is 0 Å². The molecule has 6 aromatic heterocycles. The molecule has 188 valence electrons. The molecule has 0 aromatic carbocycles. The molecule has 0 aliphatic heterocycles. The summed E-state index contributed by atoms with van der Waals surface area (Å²) >= 11 is 0. The number of aromatic nitrogens is 6. The van der Waals surface area contributed by atoms with Crippen LogP contribution < -0.4 is 0 Å². The van der Waals surface area contributed by atoms with Crippen molar-refractivity contribution in [2.75, 3.05) is 19.6 Å². The lowest BCUT2D eigenvalue weighted by atomic mass is 10.2. The molecule has 37 heavy (non-hydrogen) atoms. The van der Waals surface area contributed by atoms with E-state index in [0.29, 0.717) is 0 Å². The van der Waals surface area contributed by atoms with E-state index < -0.39 is 0 Å². The Labute approximate surface area is 217 Å². The Kier molecular flexibility index (Phi) is 6.22. The molecule has 6 aromatic rings. The third-order valence-corrected chi connectivity index (χ3v) is 7.47. The Morgan fingerprint density at radius 3 is 1.19 bits per heavy atom. The number of hydrogen-bond donors (Lipinski definition) is 0. The normalized spacial score (nSPS) is 12.0. The van der Waals surface area contributed by atoms with Crippen LogP contribution in [0.1, 0.15) is 16.7 Å². The van der Waals surface area contributed by atoms with Gasteiger partial charge in [-0.3, -0.25) is 4.90 Å². The highest BCUT2D eigenvalue weighted by Gasteiger charge is 2.13. The Morgan fingerprint density at radius 1 is 0.541 bits per heavy atom. The van der Waals surface area contributed by atoms with Crippen molar-refractivity contribution >= 4 is 33.1 Å². The van der Waals surface area contributed by atoms with E-state index in [0.717, 1.165) is 56.2 Å². The zero-order valence-corrected chi connectivity index (χ0v) is 21.8. The van der Waals surface area contributed by atoms with Gasteiger partial charge < -0.3 is 13.7 Å². The topological polar surface area (TPSA) is 56.7 Å². The van der Waals surface area contributed by atoms with Crippen LogP contribution in [0.5, 0.6) is 0 Å². The van der Waals surface area contributed by atoms with E-state index in [-0.39, 0.29) is 0 Å². The van der Waals surface area contributed by atoms with Crippen LogP contribution in [-0.4, -0.2) is 53.2 Å². The number of fused-ring (bicyclic) bond motifs is 3. The standard InChI is InChI=1S/C30H33N7/c1-22-19-35(28-25(22)7-4-10-31-28)16-13-34(14-17-36-20-23(2)26-8-5-11-32-29(26)36)15-18-37-21-24(3)27-9-6-12-33-30(27)37/h4-12,19-21H,13-18H2,1-3H3. The molecule has 7 nitrogen and oxygen atoms in total. The van der Waals surface area contributed by atoms with Crippen molar-refractivity contribution in [3.63, 3.8) is 0 Å². The summed E-state index contributed by atoms with van der Waals surface area (Å²) in [6.07, 6.45) is 12.3. The highest BCUT2D eigenvalue weighted by molar-refractivity contribution is 5.81. The zero-order valence-electron chi connectivity index (χ0n) is 21.8. The summed E-state index contributed by atoms with van der Waals surface area (Å²) in [6, 6.07) is 12.5. The van der Waals surface area contributed by atoms with Gasteiger partial charge in [0.05, 0.1) is 0 Å². The highest BCUT2D eigenvalue weighted by atomic mass is 15.2. The van der Waals surface area contributed by atoms with Crippen molar-refractivity contribution in [2.24, 2.45) is 0 Å². The van der Waals surface area contributed by atoms with Crippen LogP contribution in [0.4, 0.5) is 0 Å². The molecule has 0 aliphatic carbocycles. The van der Waals surface area contributed by atoms with Crippen LogP contribution in [0.2, 0.25) is 0 Å². The SMILES string of the molecule is Cc1cn(CCN(CCn2cc(C)c3cccnc32)CCn2cc(C)c3cccnc32)c2ncccc12. The summed E-state index contributed by atoms with van der Waals surface area (Å²) in [6.45, 7) is 12.0. The minimum absolute atomic E-state index is 0.898. The van der Waals surface area contributed by atoms with Gasteiger partial charge >= 0.3 is 0 Å². The maximum atomic E-state index is 4.66. The molecule has 0 bridgehead atoms. The molecule has 0 saturated carbocycles. The van der Waals surface area contributed by atoms with Gasteiger partial charge in [0.1, 0.15) is 16.9 Å². The van der Waals surface area contributed by atoms with Gasteiger partial charge in [0.25, 0.3) is 0 Å². The Balaban J connectivity index is 1.23. The summed E-state index contributed by atoms with van der Waals surface area (Å²) in [4.78, 5) is 16.5. The van der Waals surface area contributed by atoms with Crippen LogP contribution in [0.15, 0.2) is 73.6 Å². The lowest BCUT2D eigenvalue weighted by Crippen LogP contribution is -2.33. The van der Waals surface area contributed by atoms with Crippen molar-refractivity contribution < 1.29 is 0 Å². The predicted molar refractivity (Wildman–Crippen MR) is 150 cm³/mol. The molecule has 0 unspecified atom stereocenters. The average Bonchev–Trinajstić information content (AvgIpc) is 3.55. The maximum Gasteiger partial charge on any atom is 0.140 e. The third kappa shape index (κ3) is 4.51. The van der Waals surface area contributed by atoms with Crippen molar-refractivity contribution in [3.8, 4) is 0 Å². The molecular formula is C30H33N7. The molecule has 7 heteroatoms.